The second-order valence-electron chi connectivity index (χ2n) is 8.11. The van der Waals surface area contributed by atoms with Crippen molar-refractivity contribution in [1.82, 2.24) is 5.32 Å². The number of anilines is 1. The smallest absolute Gasteiger partial charge is 0.251 e. The van der Waals surface area contributed by atoms with Gasteiger partial charge in [-0.1, -0.05) is 31.4 Å². The molecular weight excluding hydrogens is 412 g/mol. The standard InChI is InChI=1S/C24H32N2O4S/c1-3-30-23-15-13-22(14-16-23)26(31(2,28)29)18-20-9-11-21(12-10-20)24(27)25-17-19-7-5-4-6-8-19/h9-16,19H,3-8,17-18H2,1-2H3,(H,25,27). The minimum Gasteiger partial charge on any atom is -0.494 e. The quantitative estimate of drug-likeness (QED) is 0.623. The van der Waals surface area contributed by atoms with Crippen LogP contribution in [-0.2, 0) is 16.6 Å². The minimum absolute atomic E-state index is 0.0800. The van der Waals surface area contributed by atoms with Crippen LogP contribution in [0.25, 0.3) is 0 Å². The predicted octanol–water partition coefficient (Wildman–Crippen LogP) is 4.36. The van der Waals surface area contributed by atoms with Crippen molar-refractivity contribution in [2.45, 2.75) is 45.6 Å². The number of rotatable bonds is 9. The summed E-state index contributed by atoms with van der Waals surface area (Å²) in [5, 5.41) is 3.04. The van der Waals surface area contributed by atoms with Gasteiger partial charge in [-0.25, -0.2) is 8.42 Å². The highest BCUT2D eigenvalue weighted by Crippen LogP contribution is 2.24. The van der Waals surface area contributed by atoms with Gasteiger partial charge < -0.3 is 10.1 Å². The number of nitrogens with zero attached hydrogens (tertiary/aromatic N) is 1. The number of sulfonamides is 1. The van der Waals surface area contributed by atoms with Crippen molar-refractivity contribution in [3.8, 4) is 5.75 Å². The average molecular weight is 445 g/mol. The zero-order chi connectivity index (χ0) is 22.3. The predicted molar refractivity (Wildman–Crippen MR) is 124 cm³/mol. The molecule has 0 radical (unpaired) electrons. The molecular formula is C24H32N2O4S. The van der Waals surface area contributed by atoms with Crippen molar-refractivity contribution in [1.29, 1.82) is 0 Å². The Morgan fingerprint density at radius 3 is 2.26 bits per heavy atom. The van der Waals surface area contributed by atoms with E-state index in [-0.39, 0.29) is 12.5 Å². The topological polar surface area (TPSA) is 75.7 Å². The van der Waals surface area contributed by atoms with Gasteiger partial charge >= 0.3 is 0 Å². The van der Waals surface area contributed by atoms with Crippen molar-refractivity contribution < 1.29 is 17.9 Å². The number of carbonyl (C=O) groups is 1. The molecule has 0 aromatic heterocycles. The molecule has 2 aromatic rings. The number of carbonyl (C=O) groups excluding carboxylic acids is 1. The summed E-state index contributed by atoms with van der Waals surface area (Å²) in [6.07, 6.45) is 7.36. The third kappa shape index (κ3) is 6.72. The summed E-state index contributed by atoms with van der Waals surface area (Å²) in [6, 6.07) is 14.1. The highest BCUT2D eigenvalue weighted by Gasteiger charge is 2.19. The third-order valence-electron chi connectivity index (χ3n) is 5.65. The van der Waals surface area contributed by atoms with Gasteiger partial charge in [0, 0.05) is 12.1 Å². The normalized spacial score (nSPS) is 14.8. The largest absolute Gasteiger partial charge is 0.494 e. The Labute approximate surface area is 185 Å². The summed E-state index contributed by atoms with van der Waals surface area (Å²) < 4.78 is 31.6. The van der Waals surface area contributed by atoms with E-state index in [0.29, 0.717) is 29.5 Å². The number of benzene rings is 2. The van der Waals surface area contributed by atoms with Gasteiger partial charge in [0.1, 0.15) is 5.75 Å². The van der Waals surface area contributed by atoms with E-state index >= 15 is 0 Å². The maximum Gasteiger partial charge on any atom is 0.251 e. The lowest BCUT2D eigenvalue weighted by molar-refractivity contribution is 0.0943. The molecule has 3 rings (SSSR count). The lowest BCUT2D eigenvalue weighted by atomic mass is 9.89. The Kier molecular flexibility index (Phi) is 7.96. The number of hydrogen-bond acceptors (Lipinski definition) is 4. The van der Waals surface area contributed by atoms with Gasteiger partial charge in [0.05, 0.1) is 25.1 Å². The van der Waals surface area contributed by atoms with Gasteiger partial charge in [-0.3, -0.25) is 9.10 Å². The van der Waals surface area contributed by atoms with E-state index in [1.807, 2.05) is 19.1 Å². The molecule has 1 N–H and O–H groups in total. The van der Waals surface area contributed by atoms with E-state index in [1.165, 1.54) is 42.7 Å². The first-order chi connectivity index (χ1) is 14.9. The van der Waals surface area contributed by atoms with Crippen LogP contribution < -0.4 is 14.4 Å². The zero-order valence-corrected chi connectivity index (χ0v) is 19.2. The Bertz CT molecular complexity index is 950. The molecule has 168 valence electrons. The average Bonchev–Trinajstić information content (AvgIpc) is 2.77. The summed E-state index contributed by atoms with van der Waals surface area (Å²) in [5.41, 5.74) is 1.97. The van der Waals surface area contributed by atoms with Crippen LogP contribution in [0.2, 0.25) is 0 Å². The van der Waals surface area contributed by atoms with Crippen LogP contribution in [0.15, 0.2) is 48.5 Å². The van der Waals surface area contributed by atoms with E-state index in [2.05, 4.69) is 5.32 Å². The van der Waals surface area contributed by atoms with Crippen LogP contribution in [0.1, 0.15) is 54.9 Å². The molecule has 0 unspecified atom stereocenters. The second-order valence-corrected chi connectivity index (χ2v) is 10.0. The van der Waals surface area contributed by atoms with Gasteiger partial charge in [0.15, 0.2) is 0 Å². The van der Waals surface area contributed by atoms with Crippen molar-refractivity contribution >= 4 is 21.6 Å². The maximum atomic E-state index is 12.5. The van der Waals surface area contributed by atoms with Crippen molar-refractivity contribution in [3.63, 3.8) is 0 Å². The summed E-state index contributed by atoms with van der Waals surface area (Å²) in [7, 11) is -3.48. The molecule has 2 aromatic carbocycles. The molecule has 6 nitrogen and oxygen atoms in total. The highest BCUT2D eigenvalue weighted by atomic mass is 32.2. The molecule has 1 aliphatic rings. The molecule has 1 amide bonds. The maximum absolute atomic E-state index is 12.5. The molecule has 0 spiro atoms. The molecule has 1 fully saturated rings. The van der Waals surface area contributed by atoms with Gasteiger partial charge in [0.25, 0.3) is 5.91 Å². The summed E-state index contributed by atoms with van der Waals surface area (Å²) in [4.78, 5) is 12.5. The first kappa shape index (κ1) is 23.1. The van der Waals surface area contributed by atoms with E-state index in [4.69, 9.17) is 4.74 Å². The fraction of sp³-hybridized carbons (Fsp3) is 0.458. The molecule has 1 aliphatic carbocycles. The molecule has 0 bridgehead atoms. The van der Waals surface area contributed by atoms with Gasteiger partial charge in [-0.05, 0) is 67.6 Å². The van der Waals surface area contributed by atoms with Crippen molar-refractivity contribution in [2.75, 3.05) is 23.7 Å². The summed E-state index contributed by atoms with van der Waals surface area (Å²) in [6.45, 7) is 3.36. The molecule has 0 saturated heterocycles. The minimum atomic E-state index is -3.48. The summed E-state index contributed by atoms with van der Waals surface area (Å²) in [5.74, 6) is 1.20. The van der Waals surface area contributed by atoms with Gasteiger partial charge in [-0.2, -0.15) is 0 Å². The molecule has 7 heteroatoms. The zero-order valence-electron chi connectivity index (χ0n) is 18.3. The van der Waals surface area contributed by atoms with Crippen LogP contribution >= 0.6 is 0 Å². The third-order valence-corrected chi connectivity index (χ3v) is 6.79. The number of ether oxygens (including phenoxy) is 1. The lowest BCUT2D eigenvalue weighted by Gasteiger charge is -2.23. The number of hydrogen-bond donors (Lipinski definition) is 1. The molecule has 0 atom stereocenters. The van der Waals surface area contributed by atoms with Crippen LogP contribution in [0.5, 0.6) is 5.75 Å². The Morgan fingerprint density at radius 1 is 1.03 bits per heavy atom. The Balaban J connectivity index is 1.64. The monoisotopic (exact) mass is 444 g/mol. The van der Waals surface area contributed by atoms with Gasteiger partial charge in [-0.15, -0.1) is 0 Å². The van der Waals surface area contributed by atoms with Crippen LogP contribution in [0.3, 0.4) is 0 Å². The fourth-order valence-corrected chi connectivity index (χ4v) is 4.82. The van der Waals surface area contributed by atoms with E-state index in [0.717, 1.165) is 12.1 Å². The molecule has 31 heavy (non-hydrogen) atoms. The van der Waals surface area contributed by atoms with Crippen molar-refractivity contribution in [2.24, 2.45) is 5.92 Å². The first-order valence-corrected chi connectivity index (χ1v) is 12.8. The number of nitrogens with one attached hydrogen (secondary N) is 1. The van der Waals surface area contributed by atoms with E-state index in [9.17, 15) is 13.2 Å². The van der Waals surface area contributed by atoms with Crippen LogP contribution in [0, 0.1) is 5.92 Å². The highest BCUT2D eigenvalue weighted by molar-refractivity contribution is 7.92. The molecule has 1 saturated carbocycles. The Morgan fingerprint density at radius 2 is 1.68 bits per heavy atom. The fourth-order valence-electron chi connectivity index (χ4n) is 3.93. The molecule has 0 heterocycles. The summed E-state index contributed by atoms with van der Waals surface area (Å²) >= 11 is 0. The van der Waals surface area contributed by atoms with E-state index < -0.39 is 10.0 Å². The SMILES string of the molecule is CCOc1ccc(N(Cc2ccc(C(=O)NCC3CCCCC3)cc2)S(C)(=O)=O)cc1. The number of amides is 1. The molecule has 0 aliphatic heterocycles. The van der Waals surface area contributed by atoms with Crippen LogP contribution in [0.4, 0.5) is 5.69 Å². The second kappa shape index (κ2) is 10.7. The first-order valence-electron chi connectivity index (χ1n) is 10.9. The van der Waals surface area contributed by atoms with Crippen LogP contribution in [-0.4, -0.2) is 33.7 Å². The van der Waals surface area contributed by atoms with E-state index in [1.54, 1.807) is 36.4 Å². The Hall–Kier alpha value is -2.54. The lowest BCUT2D eigenvalue weighted by Crippen LogP contribution is -2.30. The van der Waals surface area contributed by atoms with Crippen molar-refractivity contribution in [3.05, 3.63) is 59.7 Å². The van der Waals surface area contributed by atoms with Gasteiger partial charge in [0.2, 0.25) is 10.0 Å².